The first-order valence-electron chi connectivity index (χ1n) is 10.1. The van der Waals surface area contributed by atoms with E-state index in [0.717, 1.165) is 11.5 Å². The molecule has 1 unspecified atom stereocenters. The maximum absolute atomic E-state index is 12.7. The average molecular weight is 403 g/mol. The Labute approximate surface area is 176 Å². The maximum atomic E-state index is 12.7. The van der Waals surface area contributed by atoms with Crippen LogP contribution in [-0.2, 0) is 4.79 Å². The number of para-hydroxylation sites is 2. The number of hydrogen-bond donors (Lipinski definition) is 1. The van der Waals surface area contributed by atoms with Gasteiger partial charge in [-0.3, -0.25) is 4.79 Å². The second-order valence-electron chi connectivity index (χ2n) is 7.15. The number of carbonyl (C=O) groups excluding carboxylic acids is 1. The molecule has 1 aromatic heterocycles. The van der Waals surface area contributed by atoms with Gasteiger partial charge >= 0.3 is 0 Å². The van der Waals surface area contributed by atoms with E-state index in [1.54, 1.807) is 6.92 Å². The summed E-state index contributed by atoms with van der Waals surface area (Å²) in [7, 11) is 0. The standard InChI is InChI=1S/C23H25N5O2/c1-18(30-20-10-6-3-7-11-20)23(29)28-16-14-27(15-17-28)22-13-12-21(25-26-22)24-19-8-4-2-5-9-19/h2-13,18H,14-17H2,1H3,(H,24,25). The summed E-state index contributed by atoms with van der Waals surface area (Å²) >= 11 is 0. The van der Waals surface area contributed by atoms with Gasteiger partial charge in [0, 0.05) is 31.9 Å². The summed E-state index contributed by atoms with van der Waals surface area (Å²) in [6, 6.07) is 23.2. The molecule has 3 aromatic rings. The molecular weight excluding hydrogens is 378 g/mol. The number of hydrogen-bond acceptors (Lipinski definition) is 6. The summed E-state index contributed by atoms with van der Waals surface area (Å²) in [6.45, 7) is 4.49. The van der Waals surface area contributed by atoms with Crippen LogP contribution in [0.25, 0.3) is 0 Å². The molecule has 0 bridgehead atoms. The highest BCUT2D eigenvalue weighted by Crippen LogP contribution is 2.18. The summed E-state index contributed by atoms with van der Waals surface area (Å²) < 4.78 is 5.77. The number of aromatic nitrogens is 2. The van der Waals surface area contributed by atoms with Gasteiger partial charge in [0.15, 0.2) is 17.7 Å². The van der Waals surface area contributed by atoms with E-state index in [0.29, 0.717) is 37.7 Å². The number of anilines is 3. The van der Waals surface area contributed by atoms with Crippen LogP contribution in [0, 0.1) is 0 Å². The largest absolute Gasteiger partial charge is 0.481 e. The number of nitrogens with one attached hydrogen (secondary N) is 1. The molecule has 1 amide bonds. The molecule has 1 atom stereocenters. The van der Waals surface area contributed by atoms with Crippen molar-refractivity contribution in [1.82, 2.24) is 15.1 Å². The number of carbonyl (C=O) groups is 1. The van der Waals surface area contributed by atoms with Crippen LogP contribution < -0.4 is 15.0 Å². The summed E-state index contributed by atoms with van der Waals surface area (Å²) in [5.41, 5.74) is 0.971. The number of piperazine rings is 1. The van der Waals surface area contributed by atoms with Crippen LogP contribution in [0.3, 0.4) is 0 Å². The minimum absolute atomic E-state index is 0.00648. The number of amides is 1. The van der Waals surface area contributed by atoms with Crippen molar-refractivity contribution in [3.8, 4) is 5.75 Å². The first kappa shape index (κ1) is 19.7. The van der Waals surface area contributed by atoms with Gasteiger partial charge in [0.1, 0.15) is 5.75 Å². The lowest BCUT2D eigenvalue weighted by Gasteiger charge is -2.36. The molecule has 0 radical (unpaired) electrons. The van der Waals surface area contributed by atoms with Crippen molar-refractivity contribution >= 4 is 23.2 Å². The third kappa shape index (κ3) is 4.86. The molecule has 0 spiro atoms. The maximum Gasteiger partial charge on any atom is 0.263 e. The molecule has 1 N–H and O–H groups in total. The predicted molar refractivity (Wildman–Crippen MR) is 117 cm³/mol. The number of nitrogens with zero attached hydrogens (tertiary/aromatic N) is 4. The molecule has 7 nitrogen and oxygen atoms in total. The van der Waals surface area contributed by atoms with E-state index in [2.05, 4.69) is 20.4 Å². The van der Waals surface area contributed by atoms with Gasteiger partial charge in [-0.2, -0.15) is 0 Å². The molecule has 4 rings (SSSR count). The van der Waals surface area contributed by atoms with E-state index in [1.165, 1.54) is 0 Å². The molecule has 154 valence electrons. The average Bonchev–Trinajstić information content (AvgIpc) is 2.80. The minimum Gasteiger partial charge on any atom is -0.481 e. The van der Waals surface area contributed by atoms with Crippen LogP contribution in [0.15, 0.2) is 72.8 Å². The van der Waals surface area contributed by atoms with Gasteiger partial charge in [0.05, 0.1) is 0 Å². The molecule has 1 fully saturated rings. The van der Waals surface area contributed by atoms with Crippen LogP contribution in [0.4, 0.5) is 17.3 Å². The Morgan fingerprint density at radius 1 is 0.900 bits per heavy atom. The fraction of sp³-hybridized carbons (Fsp3) is 0.261. The lowest BCUT2D eigenvalue weighted by Crippen LogP contribution is -2.52. The number of ether oxygens (including phenoxy) is 1. The van der Waals surface area contributed by atoms with Gasteiger partial charge in [0.25, 0.3) is 5.91 Å². The van der Waals surface area contributed by atoms with E-state index in [-0.39, 0.29) is 5.91 Å². The van der Waals surface area contributed by atoms with E-state index in [4.69, 9.17) is 4.74 Å². The number of rotatable bonds is 6. The highest BCUT2D eigenvalue weighted by atomic mass is 16.5. The first-order chi connectivity index (χ1) is 14.7. The molecule has 0 aliphatic carbocycles. The van der Waals surface area contributed by atoms with Gasteiger partial charge in [-0.1, -0.05) is 36.4 Å². The van der Waals surface area contributed by atoms with Crippen LogP contribution in [-0.4, -0.2) is 53.3 Å². The van der Waals surface area contributed by atoms with Gasteiger partial charge in [-0.15, -0.1) is 10.2 Å². The Morgan fingerprint density at radius 2 is 1.57 bits per heavy atom. The smallest absolute Gasteiger partial charge is 0.263 e. The third-order valence-electron chi connectivity index (χ3n) is 5.02. The summed E-state index contributed by atoms with van der Waals surface area (Å²) in [6.07, 6.45) is -0.512. The second kappa shape index (κ2) is 9.26. The second-order valence-corrected chi connectivity index (χ2v) is 7.15. The highest BCUT2D eigenvalue weighted by molar-refractivity contribution is 5.81. The summed E-state index contributed by atoms with van der Waals surface area (Å²) in [5, 5.41) is 11.8. The van der Waals surface area contributed by atoms with E-state index >= 15 is 0 Å². The Bertz CT molecular complexity index is 942. The Balaban J connectivity index is 1.29. The Hall–Kier alpha value is -3.61. The predicted octanol–water partition coefficient (Wildman–Crippen LogP) is 3.34. The zero-order valence-corrected chi connectivity index (χ0v) is 16.9. The molecule has 30 heavy (non-hydrogen) atoms. The van der Waals surface area contributed by atoms with Crippen molar-refractivity contribution in [3.63, 3.8) is 0 Å². The molecule has 7 heteroatoms. The SMILES string of the molecule is CC(Oc1ccccc1)C(=O)N1CCN(c2ccc(Nc3ccccc3)nn2)CC1. The molecule has 1 aliphatic heterocycles. The summed E-state index contributed by atoms with van der Waals surface area (Å²) in [5.74, 6) is 2.23. The minimum atomic E-state index is -0.512. The van der Waals surface area contributed by atoms with Crippen LogP contribution >= 0.6 is 0 Å². The first-order valence-corrected chi connectivity index (χ1v) is 10.1. The van der Waals surface area contributed by atoms with Crippen molar-refractivity contribution in [2.24, 2.45) is 0 Å². The van der Waals surface area contributed by atoms with E-state index < -0.39 is 6.10 Å². The van der Waals surface area contributed by atoms with Gasteiger partial charge in [0.2, 0.25) is 0 Å². The van der Waals surface area contributed by atoms with Crippen molar-refractivity contribution in [2.75, 3.05) is 36.4 Å². The van der Waals surface area contributed by atoms with Crippen molar-refractivity contribution in [1.29, 1.82) is 0 Å². The lowest BCUT2D eigenvalue weighted by molar-refractivity contribution is -0.138. The zero-order valence-electron chi connectivity index (χ0n) is 16.9. The monoisotopic (exact) mass is 403 g/mol. The van der Waals surface area contributed by atoms with E-state index in [9.17, 15) is 4.79 Å². The fourth-order valence-corrected chi connectivity index (χ4v) is 3.40. The van der Waals surface area contributed by atoms with Crippen molar-refractivity contribution in [2.45, 2.75) is 13.0 Å². The molecule has 1 aliphatic rings. The topological polar surface area (TPSA) is 70.6 Å². The molecule has 1 saturated heterocycles. The zero-order chi connectivity index (χ0) is 20.8. The number of benzene rings is 2. The van der Waals surface area contributed by atoms with Gasteiger partial charge in [-0.05, 0) is 43.3 Å². The molecule has 2 aromatic carbocycles. The van der Waals surface area contributed by atoms with Crippen LogP contribution in [0.2, 0.25) is 0 Å². The molecular formula is C23H25N5O2. The van der Waals surface area contributed by atoms with E-state index in [1.807, 2.05) is 77.7 Å². The Kier molecular flexibility index (Phi) is 6.08. The quantitative estimate of drug-likeness (QED) is 0.681. The normalized spacial score (nSPS) is 14.8. The fourth-order valence-electron chi connectivity index (χ4n) is 3.40. The van der Waals surface area contributed by atoms with Gasteiger partial charge in [-0.25, -0.2) is 0 Å². The van der Waals surface area contributed by atoms with Crippen molar-refractivity contribution in [3.05, 3.63) is 72.8 Å². The van der Waals surface area contributed by atoms with Crippen LogP contribution in [0.1, 0.15) is 6.92 Å². The van der Waals surface area contributed by atoms with Gasteiger partial charge < -0.3 is 19.9 Å². The highest BCUT2D eigenvalue weighted by Gasteiger charge is 2.26. The molecule has 0 saturated carbocycles. The molecule has 2 heterocycles. The Morgan fingerprint density at radius 3 is 2.20 bits per heavy atom. The summed E-state index contributed by atoms with van der Waals surface area (Å²) in [4.78, 5) is 16.7. The van der Waals surface area contributed by atoms with Crippen molar-refractivity contribution < 1.29 is 9.53 Å². The lowest BCUT2D eigenvalue weighted by atomic mass is 10.2. The third-order valence-corrected chi connectivity index (χ3v) is 5.02. The van der Waals surface area contributed by atoms with Crippen LogP contribution in [0.5, 0.6) is 5.75 Å².